The van der Waals surface area contributed by atoms with Crippen LogP contribution < -0.4 is 15.4 Å². The third-order valence-corrected chi connectivity index (χ3v) is 5.01. The summed E-state index contributed by atoms with van der Waals surface area (Å²) in [6, 6.07) is 9.35. The first-order valence-electron chi connectivity index (χ1n) is 9.71. The lowest BCUT2D eigenvalue weighted by molar-refractivity contribution is 0.0988. The third-order valence-electron chi connectivity index (χ3n) is 5.01. The maximum absolute atomic E-state index is 13.1. The van der Waals surface area contributed by atoms with Gasteiger partial charge in [-0.2, -0.15) is 0 Å². The zero-order valence-electron chi connectivity index (χ0n) is 16.7. The van der Waals surface area contributed by atoms with E-state index in [1.807, 2.05) is 30.3 Å². The molecule has 3 aromatic rings. The van der Waals surface area contributed by atoms with Crippen LogP contribution in [0.25, 0.3) is 11.3 Å². The van der Waals surface area contributed by atoms with Crippen LogP contribution in [-0.2, 0) is 11.2 Å². The van der Waals surface area contributed by atoms with Crippen molar-refractivity contribution in [1.29, 1.82) is 0 Å². The monoisotopic (exact) mass is 405 g/mol. The molecule has 1 fully saturated rings. The number of rotatable bonds is 6. The van der Waals surface area contributed by atoms with Gasteiger partial charge in [0.05, 0.1) is 32.2 Å². The second kappa shape index (κ2) is 8.87. The predicted molar refractivity (Wildman–Crippen MR) is 114 cm³/mol. The molecular weight excluding hydrogens is 382 g/mol. The molecule has 8 nitrogen and oxygen atoms in total. The lowest BCUT2D eigenvalue weighted by Gasteiger charge is -2.30. The van der Waals surface area contributed by atoms with Crippen LogP contribution in [0.15, 0.2) is 48.9 Å². The number of nitrogen functional groups attached to an aromatic ring is 1. The van der Waals surface area contributed by atoms with E-state index in [0.29, 0.717) is 24.7 Å². The number of hydrogen-bond donors (Lipinski definition) is 1. The summed E-state index contributed by atoms with van der Waals surface area (Å²) in [6.45, 7) is 2.88. The number of aromatic nitrogens is 3. The van der Waals surface area contributed by atoms with Crippen molar-refractivity contribution in [2.24, 2.45) is 0 Å². The SMILES string of the molecule is COc1cccc(-c2cnc(N)c(C(=O)Cc3cnccc3N3CCOCC3)n2)c1. The zero-order chi connectivity index (χ0) is 20.9. The van der Waals surface area contributed by atoms with Gasteiger partial charge in [-0.1, -0.05) is 12.1 Å². The highest BCUT2D eigenvalue weighted by Gasteiger charge is 2.20. The average Bonchev–Trinajstić information content (AvgIpc) is 2.80. The van der Waals surface area contributed by atoms with Crippen LogP contribution in [0.1, 0.15) is 16.1 Å². The molecule has 0 bridgehead atoms. The first kappa shape index (κ1) is 19.8. The summed E-state index contributed by atoms with van der Waals surface area (Å²) in [5.74, 6) is 0.611. The lowest BCUT2D eigenvalue weighted by Crippen LogP contribution is -2.37. The maximum Gasteiger partial charge on any atom is 0.189 e. The molecule has 1 aliphatic heterocycles. The molecule has 2 N–H and O–H groups in total. The molecule has 0 saturated carbocycles. The van der Waals surface area contributed by atoms with E-state index in [1.165, 1.54) is 0 Å². The number of ketones is 1. The second-order valence-electron chi connectivity index (χ2n) is 6.92. The summed E-state index contributed by atoms with van der Waals surface area (Å²) in [5.41, 5.74) is 9.33. The number of Topliss-reactive ketones (excluding diaryl/α,β-unsaturated/α-hetero) is 1. The van der Waals surface area contributed by atoms with Gasteiger partial charge in [-0.25, -0.2) is 9.97 Å². The number of morpholine rings is 1. The van der Waals surface area contributed by atoms with Gasteiger partial charge in [0.25, 0.3) is 0 Å². The first-order chi connectivity index (χ1) is 14.7. The molecule has 0 atom stereocenters. The number of carbonyl (C=O) groups excluding carboxylic acids is 1. The predicted octanol–water partition coefficient (Wildman–Crippen LogP) is 2.39. The molecule has 30 heavy (non-hydrogen) atoms. The van der Waals surface area contributed by atoms with E-state index >= 15 is 0 Å². The van der Waals surface area contributed by atoms with Crippen LogP contribution in [-0.4, -0.2) is 54.1 Å². The van der Waals surface area contributed by atoms with Gasteiger partial charge in [-0.3, -0.25) is 9.78 Å². The number of pyridine rings is 1. The van der Waals surface area contributed by atoms with Crippen LogP contribution in [0.5, 0.6) is 5.75 Å². The number of nitrogens with two attached hydrogens (primary N) is 1. The number of methoxy groups -OCH3 is 1. The molecule has 3 heterocycles. The Bertz CT molecular complexity index is 1050. The van der Waals surface area contributed by atoms with Crippen molar-refractivity contribution in [1.82, 2.24) is 15.0 Å². The highest BCUT2D eigenvalue weighted by molar-refractivity contribution is 6.00. The van der Waals surface area contributed by atoms with E-state index in [1.54, 1.807) is 25.7 Å². The molecule has 0 spiro atoms. The number of carbonyl (C=O) groups is 1. The van der Waals surface area contributed by atoms with E-state index in [-0.39, 0.29) is 23.7 Å². The number of ether oxygens (including phenoxy) is 2. The van der Waals surface area contributed by atoms with Gasteiger partial charge in [0.1, 0.15) is 11.4 Å². The van der Waals surface area contributed by atoms with Crippen molar-refractivity contribution < 1.29 is 14.3 Å². The van der Waals surface area contributed by atoms with Gasteiger partial charge in [0, 0.05) is 48.7 Å². The Morgan fingerprint density at radius 2 is 2.07 bits per heavy atom. The third kappa shape index (κ3) is 4.23. The van der Waals surface area contributed by atoms with Crippen molar-refractivity contribution in [3.05, 3.63) is 60.2 Å². The van der Waals surface area contributed by atoms with Crippen molar-refractivity contribution in [3.63, 3.8) is 0 Å². The Kier molecular flexibility index (Phi) is 5.85. The summed E-state index contributed by atoms with van der Waals surface area (Å²) in [5, 5.41) is 0. The van der Waals surface area contributed by atoms with Gasteiger partial charge >= 0.3 is 0 Å². The Labute approximate surface area is 174 Å². The van der Waals surface area contributed by atoms with E-state index in [0.717, 1.165) is 29.9 Å². The number of anilines is 2. The molecule has 1 saturated heterocycles. The minimum atomic E-state index is -0.202. The fourth-order valence-corrected chi connectivity index (χ4v) is 3.45. The van der Waals surface area contributed by atoms with Crippen LogP contribution in [0.2, 0.25) is 0 Å². The highest BCUT2D eigenvalue weighted by atomic mass is 16.5. The molecule has 0 aliphatic carbocycles. The van der Waals surface area contributed by atoms with Gasteiger partial charge in [0.2, 0.25) is 0 Å². The number of nitrogens with zero attached hydrogens (tertiary/aromatic N) is 4. The van der Waals surface area contributed by atoms with Crippen molar-refractivity contribution in [3.8, 4) is 17.0 Å². The lowest BCUT2D eigenvalue weighted by atomic mass is 10.1. The summed E-state index contributed by atoms with van der Waals surface area (Å²) >= 11 is 0. The van der Waals surface area contributed by atoms with Crippen molar-refractivity contribution in [2.45, 2.75) is 6.42 Å². The van der Waals surface area contributed by atoms with E-state index in [9.17, 15) is 4.79 Å². The van der Waals surface area contributed by atoms with E-state index in [4.69, 9.17) is 15.2 Å². The normalized spacial score (nSPS) is 13.8. The van der Waals surface area contributed by atoms with Crippen LogP contribution in [0.4, 0.5) is 11.5 Å². The van der Waals surface area contributed by atoms with Gasteiger partial charge in [-0.15, -0.1) is 0 Å². The molecular formula is C22H23N5O3. The Hall–Kier alpha value is -3.52. The summed E-state index contributed by atoms with van der Waals surface area (Å²) in [4.78, 5) is 28.2. The first-order valence-corrected chi connectivity index (χ1v) is 9.71. The summed E-state index contributed by atoms with van der Waals surface area (Å²) in [6.07, 6.45) is 5.15. The quantitative estimate of drug-likeness (QED) is 0.624. The molecule has 154 valence electrons. The molecule has 1 aliphatic rings. The van der Waals surface area contributed by atoms with Crippen LogP contribution in [0, 0.1) is 0 Å². The Balaban J connectivity index is 1.61. The fraction of sp³-hybridized carbons (Fsp3) is 0.273. The summed E-state index contributed by atoms with van der Waals surface area (Å²) < 4.78 is 10.7. The van der Waals surface area contributed by atoms with Crippen molar-refractivity contribution >= 4 is 17.3 Å². The van der Waals surface area contributed by atoms with Crippen LogP contribution >= 0.6 is 0 Å². The standard InChI is InChI=1S/C22H23N5O3/c1-29-17-4-2-3-15(11-17)18-14-25-22(23)21(26-18)20(28)12-16-13-24-6-5-19(16)27-7-9-30-10-8-27/h2-6,11,13-14H,7-10,12H2,1H3,(H2,23,25). The molecule has 1 aromatic carbocycles. The molecule has 8 heteroatoms. The van der Waals surface area contributed by atoms with Crippen molar-refractivity contribution in [2.75, 3.05) is 44.0 Å². The molecule has 4 rings (SSSR count). The topological polar surface area (TPSA) is 103 Å². The largest absolute Gasteiger partial charge is 0.497 e. The van der Waals surface area contributed by atoms with E-state index < -0.39 is 0 Å². The minimum absolute atomic E-state index is 0.114. The maximum atomic E-state index is 13.1. The molecule has 2 aromatic heterocycles. The van der Waals surface area contributed by atoms with Gasteiger partial charge < -0.3 is 20.1 Å². The Morgan fingerprint density at radius 3 is 2.87 bits per heavy atom. The second-order valence-corrected chi connectivity index (χ2v) is 6.92. The van der Waals surface area contributed by atoms with E-state index in [2.05, 4.69) is 19.9 Å². The smallest absolute Gasteiger partial charge is 0.189 e. The van der Waals surface area contributed by atoms with Crippen LogP contribution in [0.3, 0.4) is 0 Å². The fourth-order valence-electron chi connectivity index (χ4n) is 3.45. The Morgan fingerprint density at radius 1 is 1.23 bits per heavy atom. The van der Waals surface area contributed by atoms with Gasteiger partial charge in [-0.05, 0) is 18.2 Å². The molecule has 0 unspecified atom stereocenters. The zero-order valence-corrected chi connectivity index (χ0v) is 16.7. The molecule has 0 amide bonds. The number of hydrogen-bond acceptors (Lipinski definition) is 8. The summed E-state index contributed by atoms with van der Waals surface area (Å²) in [7, 11) is 1.60. The minimum Gasteiger partial charge on any atom is -0.497 e. The molecule has 0 radical (unpaired) electrons. The highest BCUT2D eigenvalue weighted by Crippen LogP contribution is 2.25. The van der Waals surface area contributed by atoms with Gasteiger partial charge in [0.15, 0.2) is 11.6 Å². The number of benzene rings is 1. The average molecular weight is 405 g/mol.